The first-order valence-corrected chi connectivity index (χ1v) is 10.1. The van der Waals surface area contributed by atoms with Gasteiger partial charge in [0, 0.05) is 31.0 Å². The van der Waals surface area contributed by atoms with Gasteiger partial charge < -0.3 is 15.2 Å². The van der Waals surface area contributed by atoms with Gasteiger partial charge in [-0.25, -0.2) is 9.78 Å². The predicted molar refractivity (Wildman–Crippen MR) is 119 cm³/mol. The Kier molecular flexibility index (Phi) is 4.91. The van der Waals surface area contributed by atoms with E-state index in [1.165, 1.54) is 5.56 Å². The van der Waals surface area contributed by atoms with Gasteiger partial charge >= 0.3 is 6.03 Å². The van der Waals surface area contributed by atoms with Crippen LogP contribution in [0.3, 0.4) is 0 Å². The highest BCUT2D eigenvalue weighted by Crippen LogP contribution is 2.24. The number of fused-ring (bicyclic) bond motifs is 3. The summed E-state index contributed by atoms with van der Waals surface area (Å²) in [5, 5.41) is 5.73. The van der Waals surface area contributed by atoms with E-state index in [0.29, 0.717) is 0 Å². The van der Waals surface area contributed by atoms with E-state index in [1.807, 2.05) is 54.6 Å². The number of nitrogens with one attached hydrogen (secondary N) is 2. The molecule has 6 heteroatoms. The smallest absolute Gasteiger partial charge is 0.323 e. The van der Waals surface area contributed by atoms with Crippen LogP contribution in [0.4, 0.5) is 16.2 Å². The fraction of sp³-hybridized carbons (Fsp3) is 0.167. The highest BCUT2D eigenvalue weighted by Gasteiger charge is 2.20. The second-order valence-electron chi connectivity index (χ2n) is 7.52. The van der Waals surface area contributed by atoms with E-state index in [1.54, 1.807) is 0 Å². The van der Waals surface area contributed by atoms with Crippen molar-refractivity contribution < 1.29 is 4.79 Å². The molecular weight excluding hydrogens is 374 g/mol. The summed E-state index contributed by atoms with van der Waals surface area (Å²) in [6.45, 7) is 3.66. The first kappa shape index (κ1) is 18.4. The fourth-order valence-electron chi connectivity index (χ4n) is 3.94. The number of imidazole rings is 1. The lowest BCUT2D eigenvalue weighted by Crippen LogP contribution is -2.33. The minimum atomic E-state index is -0.265. The van der Waals surface area contributed by atoms with Crippen molar-refractivity contribution in [1.82, 2.24) is 14.5 Å². The first-order valence-electron chi connectivity index (χ1n) is 10.1. The summed E-state index contributed by atoms with van der Waals surface area (Å²) in [5.41, 5.74) is 4.82. The first-order chi connectivity index (χ1) is 14.7. The fourth-order valence-corrected chi connectivity index (χ4v) is 3.94. The molecule has 2 N–H and O–H groups in total. The van der Waals surface area contributed by atoms with Gasteiger partial charge in [0.05, 0.1) is 17.6 Å². The van der Waals surface area contributed by atoms with Gasteiger partial charge in [0.2, 0.25) is 0 Å². The lowest BCUT2D eigenvalue weighted by Gasteiger charge is -2.27. The number of hydrogen-bond donors (Lipinski definition) is 2. The van der Waals surface area contributed by atoms with Crippen LogP contribution in [0.2, 0.25) is 0 Å². The van der Waals surface area contributed by atoms with Crippen molar-refractivity contribution in [3.05, 3.63) is 90.3 Å². The molecule has 1 aliphatic heterocycles. The second-order valence-corrected chi connectivity index (χ2v) is 7.52. The van der Waals surface area contributed by atoms with Crippen LogP contribution < -0.4 is 10.6 Å². The highest BCUT2D eigenvalue weighted by molar-refractivity contribution is 6.00. The number of rotatable bonds is 4. The van der Waals surface area contributed by atoms with E-state index in [2.05, 4.69) is 44.4 Å². The SMILES string of the molecule is O=C(Nc1ccccc1)Nc1ccc2c(c1)nc1n2CCN(Cc2ccccc2)C1. The molecule has 0 saturated carbocycles. The molecule has 0 radical (unpaired) electrons. The van der Waals surface area contributed by atoms with Gasteiger partial charge in [-0.2, -0.15) is 0 Å². The average molecular weight is 397 g/mol. The minimum absolute atomic E-state index is 0.265. The zero-order valence-electron chi connectivity index (χ0n) is 16.6. The van der Waals surface area contributed by atoms with Crippen molar-refractivity contribution in [3.8, 4) is 0 Å². The summed E-state index contributed by atoms with van der Waals surface area (Å²) in [7, 11) is 0. The Labute approximate surface area is 175 Å². The molecule has 30 heavy (non-hydrogen) atoms. The van der Waals surface area contributed by atoms with E-state index >= 15 is 0 Å². The van der Waals surface area contributed by atoms with Crippen molar-refractivity contribution in [2.24, 2.45) is 0 Å². The van der Waals surface area contributed by atoms with Crippen LogP contribution in [0.1, 0.15) is 11.4 Å². The van der Waals surface area contributed by atoms with Gasteiger partial charge in [0.1, 0.15) is 5.82 Å². The molecule has 0 saturated heterocycles. The zero-order valence-corrected chi connectivity index (χ0v) is 16.6. The summed E-state index contributed by atoms with van der Waals surface area (Å²) < 4.78 is 2.28. The van der Waals surface area contributed by atoms with Crippen molar-refractivity contribution >= 4 is 28.4 Å². The van der Waals surface area contributed by atoms with Crippen molar-refractivity contribution in [2.75, 3.05) is 17.2 Å². The van der Waals surface area contributed by atoms with Crippen molar-refractivity contribution in [1.29, 1.82) is 0 Å². The molecule has 0 bridgehead atoms. The van der Waals surface area contributed by atoms with Crippen LogP contribution in [-0.2, 0) is 19.6 Å². The van der Waals surface area contributed by atoms with Gasteiger partial charge in [0.25, 0.3) is 0 Å². The van der Waals surface area contributed by atoms with Crippen LogP contribution in [0.15, 0.2) is 78.9 Å². The molecule has 0 atom stereocenters. The molecule has 1 aliphatic rings. The molecule has 0 unspecified atom stereocenters. The zero-order chi connectivity index (χ0) is 20.3. The van der Waals surface area contributed by atoms with Gasteiger partial charge in [0.15, 0.2) is 0 Å². The molecular formula is C24H23N5O. The standard InChI is InChI=1S/C24H23N5O/c30-24(25-19-9-5-2-6-10-19)26-20-11-12-22-21(15-20)27-23-17-28(13-14-29(22)23)16-18-7-3-1-4-8-18/h1-12,15H,13-14,16-17H2,(H2,25,26,30). The normalized spacial score (nSPS) is 13.7. The number of aromatic nitrogens is 2. The minimum Gasteiger partial charge on any atom is -0.326 e. The van der Waals surface area contributed by atoms with Crippen molar-refractivity contribution in [2.45, 2.75) is 19.6 Å². The van der Waals surface area contributed by atoms with E-state index < -0.39 is 0 Å². The van der Waals surface area contributed by atoms with Crippen LogP contribution in [0, 0.1) is 0 Å². The molecule has 5 rings (SSSR count). The summed E-state index contributed by atoms with van der Waals surface area (Å²) in [6.07, 6.45) is 0. The Morgan fingerprint density at radius 1 is 0.867 bits per heavy atom. The topological polar surface area (TPSA) is 62.2 Å². The number of benzene rings is 3. The molecule has 150 valence electrons. The molecule has 4 aromatic rings. The molecule has 1 aromatic heterocycles. The molecule has 0 aliphatic carbocycles. The van der Waals surface area contributed by atoms with Gasteiger partial charge in [-0.3, -0.25) is 4.90 Å². The Bertz CT molecular complexity index is 1170. The number of hydrogen-bond acceptors (Lipinski definition) is 3. The summed E-state index contributed by atoms with van der Waals surface area (Å²) >= 11 is 0. The number of nitrogens with zero attached hydrogens (tertiary/aromatic N) is 3. The lowest BCUT2D eigenvalue weighted by molar-refractivity contribution is 0.211. The number of carbonyl (C=O) groups excluding carboxylic acids is 1. The average Bonchev–Trinajstić information content (AvgIpc) is 3.12. The largest absolute Gasteiger partial charge is 0.326 e. The maximum Gasteiger partial charge on any atom is 0.323 e. The second kappa shape index (κ2) is 8.00. The number of para-hydroxylation sites is 1. The Morgan fingerprint density at radius 3 is 2.40 bits per heavy atom. The Morgan fingerprint density at radius 2 is 1.60 bits per heavy atom. The van der Waals surface area contributed by atoms with Crippen LogP contribution in [0.5, 0.6) is 0 Å². The monoisotopic (exact) mass is 397 g/mol. The number of urea groups is 1. The maximum absolute atomic E-state index is 12.3. The third-order valence-corrected chi connectivity index (χ3v) is 5.37. The Hall–Kier alpha value is -3.64. The molecule has 6 nitrogen and oxygen atoms in total. The Balaban J connectivity index is 1.30. The number of amides is 2. The summed E-state index contributed by atoms with van der Waals surface area (Å²) in [5.74, 6) is 1.07. The molecule has 2 heterocycles. The van der Waals surface area contributed by atoms with Crippen LogP contribution in [-0.4, -0.2) is 27.0 Å². The van der Waals surface area contributed by atoms with E-state index in [-0.39, 0.29) is 6.03 Å². The maximum atomic E-state index is 12.3. The third-order valence-electron chi connectivity index (χ3n) is 5.37. The summed E-state index contributed by atoms with van der Waals surface area (Å²) in [4.78, 5) is 19.5. The highest BCUT2D eigenvalue weighted by atomic mass is 16.2. The van der Waals surface area contributed by atoms with E-state index in [9.17, 15) is 4.79 Å². The number of carbonyl (C=O) groups is 1. The molecule has 2 amide bonds. The summed E-state index contributed by atoms with van der Waals surface area (Å²) in [6, 6.07) is 25.6. The van der Waals surface area contributed by atoms with Gasteiger partial charge in [-0.1, -0.05) is 48.5 Å². The quantitative estimate of drug-likeness (QED) is 0.525. The third kappa shape index (κ3) is 3.90. The molecule has 3 aromatic carbocycles. The number of anilines is 2. The van der Waals surface area contributed by atoms with E-state index in [0.717, 1.165) is 54.4 Å². The lowest BCUT2D eigenvalue weighted by atomic mass is 10.2. The van der Waals surface area contributed by atoms with Crippen LogP contribution in [0.25, 0.3) is 11.0 Å². The van der Waals surface area contributed by atoms with Crippen LogP contribution >= 0.6 is 0 Å². The van der Waals surface area contributed by atoms with Gasteiger partial charge in [-0.15, -0.1) is 0 Å². The predicted octanol–water partition coefficient (Wildman–Crippen LogP) is 4.70. The molecule has 0 fully saturated rings. The van der Waals surface area contributed by atoms with Crippen molar-refractivity contribution in [3.63, 3.8) is 0 Å². The van der Waals surface area contributed by atoms with Gasteiger partial charge in [-0.05, 0) is 35.9 Å². The molecule has 0 spiro atoms. The van der Waals surface area contributed by atoms with E-state index in [4.69, 9.17) is 4.98 Å².